The van der Waals surface area contributed by atoms with E-state index < -0.39 is 7.05 Å². The summed E-state index contributed by atoms with van der Waals surface area (Å²) >= 11 is 0. The molecule has 4 aromatic rings. The monoisotopic (exact) mass is 507 g/mol. The minimum atomic E-state index is -2.60. The largest absolute Gasteiger partial charge is 0.347 e. The van der Waals surface area contributed by atoms with Gasteiger partial charge in [0.15, 0.2) is 0 Å². The lowest BCUT2D eigenvalue weighted by Gasteiger charge is -2.30. The van der Waals surface area contributed by atoms with Gasteiger partial charge in [-0.05, 0) is 29.9 Å². The zero-order valence-corrected chi connectivity index (χ0v) is 22.4. The van der Waals surface area contributed by atoms with Crippen molar-refractivity contribution >= 4 is 34.7 Å². The van der Waals surface area contributed by atoms with Crippen LogP contribution in [0.2, 0.25) is 0 Å². The van der Waals surface area contributed by atoms with E-state index in [0.717, 1.165) is 16.2 Å². The topological polar surface area (TPSA) is 58.7 Å². The number of rotatable bonds is 5. The molecule has 4 aromatic carbocycles. The third kappa shape index (κ3) is 4.30. The van der Waals surface area contributed by atoms with E-state index in [9.17, 15) is 10.1 Å². The Morgan fingerprint density at radius 1 is 0.865 bits per heavy atom. The summed E-state index contributed by atoms with van der Waals surface area (Å²) < 4.78 is 5.50. The molecule has 0 bridgehead atoms. The first kappa shape index (κ1) is 24.7. The molecule has 5 rings (SSSR count). The van der Waals surface area contributed by atoms with Crippen LogP contribution in [0.3, 0.4) is 0 Å². The number of benzene rings is 4. The van der Waals surface area contributed by atoms with Crippen LogP contribution in [-0.2, 0) is 5.41 Å². The summed E-state index contributed by atoms with van der Waals surface area (Å²) in [4.78, 5) is 13.6. The van der Waals surface area contributed by atoms with Crippen molar-refractivity contribution in [2.24, 2.45) is 4.74 Å². The number of non-ortho nitro benzene ring substituents is 1. The van der Waals surface area contributed by atoms with Crippen LogP contribution in [0, 0.1) is 17.0 Å². The molecule has 0 unspecified atom stereocenters. The summed E-state index contributed by atoms with van der Waals surface area (Å²) in [5, 5.41) is 13.9. The second-order valence-electron chi connectivity index (χ2n) is 9.90. The first-order valence-corrected chi connectivity index (χ1v) is 14.1. The number of nitro benzene ring substituents is 1. The van der Waals surface area contributed by atoms with E-state index in [1.807, 2.05) is 43.3 Å². The zero-order valence-electron chi connectivity index (χ0n) is 21.5. The Labute approximate surface area is 218 Å². The molecule has 0 saturated carbocycles. The Morgan fingerprint density at radius 3 is 2.00 bits per heavy atom. The number of nitrogens with zero attached hydrogens (tertiary/aromatic N) is 3. The van der Waals surface area contributed by atoms with Crippen LogP contribution in [0.5, 0.6) is 0 Å². The third-order valence-electron chi connectivity index (χ3n) is 7.22. The van der Waals surface area contributed by atoms with Crippen LogP contribution in [-0.4, -0.2) is 12.0 Å². The van der Waals surface area contributed by atoms with Crippen LogP contribution >= 0.6 is 7.05 Å². The van der Waals surface area contributed by atoms with Gasteiger partial charge >= 0.3 is 0 Å². The maximum Gasteiger partial charge on any atom is 0.271 e. The van der Waals surface area contributed by atoms with E-state index >= 15 is 0 Å². The molecular weight excluding hydrogens is 477 g/mol. The Hall–Kier alpha value is -3.95. The molecule has 1 heterocycles. The Balaban J connectivity index is 1.90. The summed E-state index contributed by atoms with van der Waals surface area (Å²) in [6.45, 7) is 6.47. The second-order valence-corrected chi connectivity index (χ2v) is 12.8. The van der Waals surface area contributed by atoms with E-state index in [1.165, 1.54) is 16.9 Å². The number of para-hydroxylation sites is 1. The van der Waals surface area contributed by atoms with Gasteiger partial charge in [-0.3, -0.25) is 14.9 Å². The predicted octanol–water partition coefficient (Wildman–Crippen LogP) is 7.66. The van der Waals surface area contributed by atoms with Crippen molar-refractivity contribution in [3.8, 4) is 0 Å². The minimum absolute atomic E-state index is 0.0435. The summed E-state index contributed by atoms with van der Waals surface area (Å²) in [6, 6.07) is 34.1. The predicted molar refractivity (Wildman–Crippen MR) is 155 cm³/mol. The standard InChI is InChI=1S/C31H30N3O2P/c1-23-19-20-24(34(35)36)21-28(23)32-37(25-13-7-5-8-14-25,26-15-9-6-10-16-26)22-30-31(2,3)27-17-11-12-18-29(27)33(30)4/h5-22H,1-4H3/b30-22-. The van der Waals surface area contributed by atoms with Gasteiger partial charge in [0.25, 0.3) is 5.69 Å². The highest BCUT2D eigenvalue weighted by Gasteiger charge is 2.40. The Kier molecular flexibility index (Phi) is 6.35. The van der Waals surface area contributed by atoms with Crippen molar-refractivity contribution in [1.82, 2.24) is 0 Å². The fourth-order valence-electron chi connectivity index (χ4n) is 5.15. The molecule has 0 radical (unpaired) electrons. The second kappa shape index (κ2) is 9.49. The van der Waals surface area contributed by atoms with E-state index in [0.29, 0.717) is 5.69 Å². The van der Waals surface area contributed by atoms with Crippen molar-refractivity contribution < 1.29 is 4.92 Å². The van der Waals surface area contributed by atoms with Crippen LogP contribution < -0.4 is 15.5 Å². The maximum atomic E-state index is 11.7. The van der Waals surface area contributed by atoms with Crippen molar-refractivity contribution in [2.45, 2.75) is 26.2 Å². The Morgan fingerprint density at radius 2 is 1.43 bits per heavy atom. The molecule has 0 aliphatic carbocycles. The Bertz CT molecular complexity index is 1520. The summed E-state index contributed by atoms with van der Waals surface area (Å²) in [6.07, 6.45) is 0. The number of fused-ring (bicyclic) bond motifs is 1. The van der Waals surface area contributed by atoms with Crippen molar-refractivity contribution in [1.29, 1.82) is 0 Å². The fourth-order valence-corrected chi connectivity index (χ4v) is 8.69. The summed E-state index contributed by atoms with van der Waals surface area (Å²) in [7, 11) is -0.482. The number of hydrogen-bond acceptors (Lipinski definition) is 4. The molecule has 0 fully saturated rings. The lowest BCUT2D eigenvalue weighted by Crippen LogP contribution is -2.25. The fraction of sp³-hybridized carbons (Fsp3) is 0.161. The van der Waals surface area contributed by atoms with Gasteiger partial charge in [-0.25, -0.2) is 0 Å². The number of allylic oxidation sites excluding steroid dienone is 1. The van der Waals surface area contributed by atoms with Crippen molar-refractivity contribution in [3.63, 3.8) is 0 Å². The van der Waals surface area contributed by atoms with Gasteiger partial charge < -0.3 is 4.90 Å². The first-order chi connectivity index (χ1) is 17.7. The normalized spacial score (nSPS) is 15.5. The highest BCUT2D eigenvalue weighted by atomic mass is 31.2. The highest BCUT2D eigenvalue weighted by molar-refractivity contribution is 7.83. The zero-order chi connectivity index (χ0) is 26.2. The summed E-state index contributed by atoms with van der Waals surface area (Å²) in [5.74, 6) is 2.36. The highest BCUT2D eigenvalue weighted by Crippen LogP contribution is 2.57. The molecule has 0 spiro atoms. The molecule has 6 heteroatoms. The van der Waals surface area contributed by atoms with Gasteiger partial charge in [-0.15, -0.1) is 0 Å². The molecule has 5 nitrogen and oxygen atoms in total. The van der Waals surface area contributed by atoms with Crippen molar-refractivity contribution in [3.05, 3.63) is 136 Å². The van der Waals surface area contributed by atoms with Crippen LogP contribution in [0.25, 0.3) is 0 Å². The van der Waals surface area contributed by atoms with E-state index in [1.54, 1.807) is 18.2 Å². The molecular formula is C31H30N3O2P. The lowest BCUT2D eigenvalue weighted by atomic mass is 9.84. The molecule has 1 aliphatic heterocycles. The molecule has 0 amide bonds. The van der Waals surface area contributed by atoms with Gasteiger partial charge in [0, 0.05) is 46.6 Å². The van der Waals surface area contributed by atoms with Crippen molar-refractivity contribution in [2.75, 3.05) is 11.9 Å². The van der Waals surface area contributed by atoms with Crippen LogP contribution in [0.15, 0.2) is 119 Å². The minimum Gasteiger partial charge on any atom is -0.347 e. The van der Waals surface area contributed by atoms with E-state index in [4.69, 9.17) is 4.74 Å². The van der Waals surface area contributed by atoms with Crippen LogP contribution in [0.4, 0.5) is 17.1 Å². The van der Waals surface area contributed by atoms with Gasteiger partial charge in [0.1, 0.15) is 0 Å². The SMILES string of the molecule is Cc1ccc([N+](=O)[O-])cc1N=P(/C=C1\N(C)c2ccccc2C1(C)C)(c1ccccc1)c1ccccc1. The number of anilines is 1. The maximum absolute atomic E-state index is 11.7. The number of hydrogen-bond donors (Lipinski definition) is 0. The molecule has 0 aromatic heterocycles. The third-order valence-corrected chi connectivity index (χ3v) is 10.5. The summed E-state index contributed by atoms with van der Waals surface area (Å²) in [5.41, 5.74) is 4.97. The average Bonchev–Trinajstić information content (AvgIpc) is 3.10. The number of likely N-dealkylation sites (N-methyl/N-ethyl adjacent to an activating group) is 1. The quantitative estimate of drug-likeness (QED) is 0.158. The average molecular weight is 508 g/mol. The molecule has 0 atom stereocenters. The number of aryl methyl sites for hydroxylation is 1. The molecule has 1 aliphatic rings. The molecule has 0 saturated heterocycles. The van der Waals surface area contributed by atoms with Gasteiger partial charge in [-0.1, -0.05) is 98.8 Å². The molecule has 0 N–H and O–H groups in total. The van der Waals surface area contributed by atoms with E-state index in [-0.39, 0.29) is 16.0 Å². The van der Waals surface area contributed by atoms with Gasteiger partial charge in [0.05, 0.1) is 17.7 Å². The van der Waals surface area contributed by atoms with Gasteiger partial charge in [0.2, 0.25) is 0 Å². The van der Waals surface area contributed by atoms with E-state index in [2.05, 4.69) is 80.1 Å². The van der Waals surface area contributed by atoms with Crippen LogP contribution in [0.1, 0.15) is 25.0 Å². The number of nitro groups is 1. The molecule has 37 heavy (non-hydrogen) atoms. The van der Waals surface area contributed by atoms with Gasteiger partial charge in [-0.2, -0.15) is 0 Å². The molecule has 186 valence electrons. The smallest absolute Gasteiger partial charge is 0.271 e. The lowest BCUT2D eigenvalue weighted by molar-refractivity contribution is -0.384. The first-order valence-electron chi connectivity index (χ1n) is 12.3.